The quantitative estimate of drug-likeness (QED) is 0.449. The van der Waals surface area contributed by atoms with Gasteiger partial charge in [-0.25, -0.2) is 9.67 Å². The molecule has 0 atom stereocenters. The van der Waals surface area contributed by atoms with Gasteiger partial charge in [0.15, 0.2) is 0 Å². The molecule has 31 heavy (non-hydrogen) atoms. The maximum Gasteiger partial charge on any atom is 0.256 e. The second-order valence-electron chi connectivity index (χ2n) is 7.18. The topological polar surface area (TPSA) is 72.3 Å². The molecule has 2 aromatic heterocycles. The number of aromatic nitrogens is 3. The fourth-order valence-corrected chi connectivity index (χ4v) is 3.54. The number of benzene rings is 2. The number of carbonyl (C=O) groups excluding carboxylic acids is 1. The van der Waals surface area contributed by atoms with Gasteiger partial charge in [0, 0.05) is 36.8 Å². The monoisotopic (exact) mass is 433 g/mol. The van der Waals surface area contributed by atoms with Crippen molar-refractivity contribution in [3.05, 3.63) is 88.5 Å². The smallest absolute Gasteiger partial charge is 0.256 e. The molecule has 158 valence electrons. The largest absolute Gasteiger partial charge is 0.487 e. The standard InChI is InChI=1S/C23H23N5O2S/c1-27(2)20-7-3-17(4-8-20)13-28-22(11-12-25-28)26-23(29)18-5-9-21(10-6-18)30-14-19-15-31-16-24-19/h3-12,15-16H,13-14H2,1-2H3,(H,26,29). The van der Waals surface area contributed by atoms with Gasteiger partial charge < -0.3 is 15.0 Å². The van der Waals surface area contributed by atoms with E-state index in [2.05, 4.69) is 44.6 Å². The SMILES string of the molecule is CN(C)c1ccc(Cn2nccc2NC(=O)c2ccc(OCc3cscn3)cc2)cc1. The van der Waals surface area contributed by atoms with Crippen molar-refractivity contribution in [1.82, 2.24) is 14.8 Å². The van der Waals surface area contributed by atoms with E-state index in [4.69, 9.17) is 4.74 Å². The minimum atomic E-state index is -0.198. The molecule has 4 rings (SSSR count). The van der Waals surface area contributed by atoms with E-state index >= 15 is 0 Å². The first-order valence-corrected chi connectivity index (χ1v) is 10.7. The maximum absolute atomic E-state index is 12.7. The predicted molar refractivity (Wildman–Crippen MR) is 123 cm³/mol. The molecular weight excluding hydrogens is 410 g/mol. The molecule has 0 saturated carbocycles. The summed E-state index contributed by atoms with van der Waals surface area (Å²) in [6.07, 6.45) is 1.68. The van der Waals surface area contributed by atoms with E-state index in [0.717, 1.165) is 16.9 Å². The molecule has 0 aliphatic rings. The van der Waals surface area contributed by atoms with Gasteiger partial charge in [-0.05, 0) is 42.0 Å². The molecule has 4 aromatic rings. The number of ether oxygens (including phenoxy) is 1. The zero-order valence-corrected chi connectivity index (χ0v) is 18.2. The fraction of sp³-hybridized carbons (Fsp3) is 0.174. The summed E-state index contributed by atoms with van der Waals surface area (Å²) < 4.78 is 7.47. The molecule has 0 aliphatic carbocycles. The molecule has 2 aromatic carbocycles. The van der Waals surface area contributed by atoms with Crippen LogP contribution in [0.5, 0.6) is 5.75 Å². The lowest BCUT2D eigenvalue weighted by Crippen LogP contribution is -2.16. The molecule has 1 amide bonds. The zero-order valence-electron chi connectivity index (χ0n) is 17.4. The third-order valence-electron chi connectivity index (χ3n) is 4.73. The van der Waals surface area contributed by atoms with Crippen LogP contribution < -0.4 is 15.0 Å². The summed E-state index contributed by atoms with van der Waals surface area (Å²) in [5.41, 5.74) is 5.44. The summed E-state index contributed by atoms with van der Waals surface area (Å²) in [4.78, 5) is 18.9. The lowest BCUT2D eigenvalue weighted by molar-refractivity contribution is 0.102. The number of rotatable bonds is 8. The lowest BCUT2D eigenvalue weighted by Gasteiger charge is -2.13. The molecule has 0 bridgehead atoms. The highest BCUT2D eigenvalue weighted by atomic mass is 32.1. The summed E-state index contributed by atoms with van der Waals surface area (Å²) >= 11 is 1.53. The number of amides is 1. The van der Waals surface area contributed by atoms with E-state index in [1.54, 1.807) is 46.7 Å². The number of thiazole rings is 1. The van der Waals surface area contributed by atoms with Gasteiger partial charge in [-0.2, -0.15) is 5.10 Å². The second-order valence-corrected chi connectivity index (χ2v) is 7.90. The Morgan fingerprint density at radius 3 is 2.55 bits per heavy atom. The van der Waals surface area contributed by atoms with E-state index < -0.39 is 0 Å². The van der Waals surface area contributed by atoms with Crippen LogP contribution in [0.1, 0.15) is 21.6 Å². The molecule has 0 unspecified atom stereocenters. The van der Waals surface area contributed by atoms with Crippen LogP contribution in [0.25, 0.3) is 0 Å². The Morgan fingerprint density at radius 1 is 1.10 bits per heavy atom. The van der Waals surface area contributed by atoms with E-state index in [1.165, 1.54) is 11.3 Å². The van der Waals surface area contributed by atoms with Crippen molar-refractivity contribution in [1.29, 1.82) is 0 Å². The number of hydrogen-bond donors (Lipinski definition) is 1. The van der Waals surface area contributed by atoms with E-state index in [-0.39, 0.29) is 5.91 Å². The maximum atomic E-state index is 12.7. The van der Waals surface area contributed by atoms with Crippen molar-refractivity contribution in [2.24, 2.45) is 0 Å². The molecule has 0 aliphatic heterocycles. The van der Waals surface area contributed by atoms with Gasteiger partial charge in [-0.3, -0.25) is 4.79 Å². The average Bonchev–Trinajstić information content (AvgIpc) is 3.45. The molecule has 2 heterocycles. The molecule has 7 nitrogen and oxygen atoms in total. The van der Waals surface area contributed by atoms with Crippen molar-refractivity contribution in [3.8, 4) is 5.75 Å². The number of carbonyl (C=O) groups is 1. The van der Waals surface area contributed by atoms with Gasteiger partial charge in [0.1, 0.15) is 18.2 Å². The highest BCUT2D eigenvalue weighted by Gasteiger charge is 2.11. The summed E-state index contributed by atoms with van der Waals surface area (Å²) in [5.74, 6) is 1.14. The lowest BCUT2D eigenvalue weighted by atomic mass is 10.2. The van der Waals surface area contributed by atoms with Crippen molar-refractivity contribution in [2.45, 2.75) is 13.2 Å². The van der Waals surface area contributed by atoms with Gasteiger partial charge in [0.2, 0.25) is 0 Å². The Balaban J connectivity index is 1.37. The van der Waals surface area contributed by atoms with Crippen molar-refractivity contribution in [3.63, 3.8) is 0 Å². The van der Waals surface area contributed by atoms with Gasteiger partial charge in [0.25, 0.3) is 5.91 Å². The molecule has 8 heteroatoms. The first-order chi connectivity index (χ1) is 15.1. The zero-order chi connectivity index (χ0) is 21.6. The second kappa shape index (κ2) is 9.44. The van der Waals surface area contributed by atoms with E-state index in [9.17, 15) is 4.79 Å². The van der Waals surface area contributed by atoms with Crippen LogP contribution in [0.3, 0.4) is 0 Å². The predicted octanol–water partition coefficient (Wildman–Crippen LogP) is 4.29. The van der Waals surface area contributed by atoms with Crippen LogP contribution in [0.4, 0.5) is 11.5 Å². The third-order valence-corrected chi connectivity index (χ3v) is 5.37. The van der Waals surface area contributed by atoms with Crippen LogP contribution >= 0.6 is 11.3 Å². The normalized spacial score (nSPS) is 10.6. The van der Waals surface area contributed by atoms with Crippen LogP contribution in [-0.2, 0) is 13.2 Å². The van der Waals surface area contributed by atoms with Crippen molar-refractivity contribution in [2.75, 3.05) is 24.3 Å². The Kier molecular flexibility index (Phi) is 6.28. The van der Waals surface area contributed by atoms with Crippen LogP contribution in [-0.4, -0.2) is 34.8 Å². The molecular formula is C23H23N5O2S. The van der Waals surface area contributed by atoms with E-state index in [0.29, 0.717) is 30.3 Å². The van der Waals surface area contributed by atoms with Gasteiger partial charge in [0.05, 0.1) is 23.9 Å². The van der Waals surface area contributed by atoms with Gasteiger partial charge in [-0.1, -0.05) is 12.1 Å². The Morgan fingerprint density at radius 2 is 1.87 bits per heavy atom. The van der Waals surface area contributed by atoms with Crippen LogP contribution in [0, 0.1) is 0 Å². The first kappa shape index (κ1) is 20.6. The number of anilines is 2. The molecule has 0 fully saturated rings. The van der Waals surface area contributed by atoms with E-state index in [1.807, 2.05) is 19.5 Å². The third kappa shape index (κ3) is 5.29. The van der Waals surface area contributed by atoms with Crippen LogP contribution in [0.2, 0.25) is 0 Å². The summed E-state index contributed by atoms with van der Waals surface area (Å²) in [5, 5.41) is 9.23. The highest BCUT2D eigenvalue weighted by molar-refractivity contribution is 7.07. The van der Waals surface area contributed by atoms with Crippen LogP contribution in [0.15, 0.2) is 71.7 Å². The molecule has 0 radical (unpaired) electrons. The Labute approximate surface area is 184 Å². The summed E-state index contributed by atoms with van der Waals surface area (Å²) in [6.45, 7) is 0.976. The first-order valence-electron chi connectivity index (χ1n) is 9.78. The number of nitrogens with one attached hydrogen (secondary N) is 1. The Hall–Kier alpha value is -3.65. The number of hydrogen-bond acceptors (Lipinski definition) is 6. The summed E-state index contributed by atoms with van der Waals surface area (Å²) in [6, 6.07) is 17.1. The Bertz CT molecular complexity index is 1120. The minimum absolute atomic E-state index is 0.198. The number of nitrogens with zero attached hydrogens (tertiary/aromatic N) is 4. The van der Waals surface area contributed by atoms with Gasteiger partial charge in [-0.15, -0.1) is 11.3 Å². The summed E-state index contributed by atoms with van der Waals surface area (Å²) in [7, 11) is 4.02. The van der Waals surface area contributed by atoms with Crippen molar-refractivity contribution >= 4 is 28.7 Å². The fourth-order valence-electron chi connectivity index (χ4n) is 2.99. The van der Waals surface area contributed by atoms with Gasteiger partial charge >= 0.3 is 0 Å². The highest BCUT2D eigenvalue weighted by Crippen LogP contribution is 2.18. The minimum Gasteiger partial charge on any atom is -0.487 e. The average molecular weight is 434 g/mol. The van der Waals surface area contributed by atoms with Crippen molar-refractivity contribution < 1.29 is 9.53 Å². The molecule has 0 saturated heterocycles. The molecule has 1 N–H and O–H groups in total. The molecule has 0 spiro atoms.